The number of hydrazine groups is 1. The van der Waals surface area contributed by atoms with E-state index < -0.39 is 5.25 Å². The van der Waals surface area contributed by atoms with Crippen LogP contribution in [-0.2, 0) is 11.8 Å². The van der Waals surface area contributed by atoms with Gasteiger partial charge in [-0.1, -0.05) is 60.3 Å². The van der Waals surface area contributed by atoms with E-state index in [1.54, 1.807) is 37.4 Å². The van der Waals surface area contributed by atoms with E-state index in [0.29, 0.717) is 5.56 Å². The summed E-state index contributed by atoms with van der Waals surface area (Å²) < 4.78 is 1.95. The highest BCUT2D eigenvalue weighted by molar-refractivity contribution is 8.00. The van der Waals surface area contributed by atoms with Gasteiger partial charge >= 0.3 is 0 Å². The molecule has 27 heavy (non-hydrogen) atoms. The van der Waals surface area contributed by atoms with Gasteiger partial charge in [0.2, 0.25) is 0 Å². The Morgan fingerprint density at radius 2 is 1.63 bits per heavy atom. The quantitative estimate of drug-likeness (QED) is 0.527. The molecule has 0 saturated heterocycles. The number of hydrogen-bond donors (Lipinski definition) is 2. The largest absolute Gasteiger partial charge is 0.322 e. The molecule has 1 aromatic heterocycles. The normalized spacial score (nSPS) is 11.6. The molecule has 0 saturated carbocycles. The third-order valence-electron chi connectivity index (χ3n) is 4.00. The van der Waals surface area contributed by atoms with Crippen LogP contribution in [0.3, 0.4) is 0 Å². The zero-order chi connectivity index (χ0) is 19.2. The van der Waals surface area contributed by atoms with E-state index >= 15 is 0 Å². The van der Waals surface area contributed by atoms with Crippen molar-refractivity contribution in [1.82, 2.24) is 20.4 Å². The molecule has 1 atom stereocenters. The van der Waals surface area contributed by atoms with Crippen LogP contribution in [0.25, 0.3) is 11.3 Å². The van der Waals surface area contributed by atoms with Crippen LogP contribution in [0.1, 0.15) is 17.3 Å². The van der Waals surface area contributed by atoms with Crippen molar-refractivity contribution in [2.24, 2.45) is 7.05 Å². The topological polar surface area (TPSA) is 76.0 Å². The Morgan fingerprint density at radius 1 is 1.00 bits per heavy atom. The lowest BCUT2D eigenvalue weighted by Gasteiger charge is -2.13. The summed E-state index contributed by atoms with van der Waals surface area (Å²) >= 11 is 1.33. The van der Waals surface area contributed by atoms with Crippen LogP contribution in [0.4, 0.5) is 0 Å². The van der Waals surface area contributed by atoms with Crippen LogP contribution in [-0.4, -0.2) is 26.6 Å². The van der Waals surface area contributed by atoms with Crippen LogP contribution in [0.5, 0.6) is 0 Å². The molecular weight excluding hydrogens is 360 g/mol. The van der Waals surface area contributed by atoms with E-state index in [1.807, 2.05) is 48.0 Å². The molecule has 0 aliphatic rings. The molecule has 2 aromatic carbocycles. The van der Waals surface area contributed by atoms with Gasteiger partial charge in [0, 0.05) is 12.6 Å². The van der Waals surface area contributed by atoms with Crippen molar-refractivity contribution in [1.29, 1.82) is 0 Å². The Labute approximate surface area is 162 Å². The van der Waals surface area contributed by atoms with Gasteiger partial charge in [-0.15, -0.1) is 0 Å². The third kappa shape index (κ3) is 4.57. The Hall–Kier alpha value is -3.06. The standard InChI is InChI=1S/C20H20N4O2S/c1-14(18(25)22-23-19(26)16-11-7-4-8-12-16)27-20-21-13-17(24(20)2)15-9-5-3-6-10-15/h3-14H,1-2H3,(H,22,25)(H,23,26). The second-order valence-electron chi connectivity index (χ2n) is 5.92. The lowest BCUT2D eigenvalue weighted by atomic mass is 10.2. The summed E-state index contributed by atoms with van der Waals surface area (Å²) in [5.41, 5.74) is 7.41. The molecule has 1 heterocycles. The van der Waals surface area contributed by atoms with Crippen molar-refractivity contribution < 1.29 is 9.59 Å². The van der Waals surface area contributed by atoms with Gasteiger partial charge in [0.25, 0.3) is 11.8 Å². The smallest absolute Gasteiger partial charge is 0.269 e. The average molecular weight is 380 g/mol. The number of rotatable bonds is 5. The maximum absolute atomic E-state index is 12.3. The number of amides is 2. The van der Waals surface area contributed by atoms with E-state index in [-0.39, 0.29) is 11.8 Å². The Bertz CT molecular complexity index is 926. The first-order valence-electron chi connectivity index (χ1n) is 8.45. The van der Waals surface area contributed by atoms with Crippen molar-refractivity contribution in [3.63, 3.8) is 0 Å². The molecule has 7 heteroatoms. The molecule has 3 aromatic rings. The third-order valence-corrected chi connectivity index (χ3v) is 5.16. The van der Waals surface area contributed by atoms with Crippen LogP contribution in [0.2, 0.25) is 0 Å². The molecule has 3 rings (SSSR count). The van der Waals surface area contributed by atoms with Gasteiger partial charge in [-0.25, -0.2) is 4.98 Å². The minimum atomic E-state index is -0.425. The number of nitrogens with zero attached hydrogens (tertiary/aromatic N) is 2. The number of aromatic nitrogens is 2. The fraction of sp³-hybridized carbons (Fsp3) is 0.150. The van der Waals surface area contributed by atoms with Gasteiger partial charge in [-0.05, 0) is 24.6 Å². The van der Waals surface area contributed by atoms with Crippen LogP contribution in [0.15, 0.2) is 72.0 Å². The van der Waals surface area contributed by atoms with E-state index in [4.69, 9.17) is 0 Å². The Morgan fingerprint density at radius 3 is 2.30 bits per heavy atom. The molecule has 0 spiro atoms. The highest BCUT2D eigenvalue weighted by atomic mass is 32.2. The highest BCUT2D eigenvalue weighted by Crippen LogP contribution is 2.27. The molecule has 0 fully saturated rings. The van der Waals surface area contributed by atoms with Gasteiger partial charge in [0.1, 0.15) is 0 Å². The molecular formula is C20H20N4O2S. The number of carbonyl (C=O) groups is 2. The fourth-order valence-electron chi connectivity index (χ4n) is 2.47. The number of benzene rings is 2. The van der Waals surface area contributed by atoms with Crippen LogP contribution < -0.4 is 10.9 Å². The van der Waals surface area contributed by atoms with Gasteiger partial charge in [0.05, 0.1) is 17.1 Å². The first-order valence-corrected chi connectivity index (χ1v) is 9.33. The predicted molar refractivity (Wildman–Crippen MR) is 106 cm³/mol. The summed E-state index contributed by atoms with van der Waals surface area (Å²) in [4.78, 5) is 28.7. The zero-order valence-corrected chi connectivity index (χ0v) is 15.9. The minimum absolute atomic E-state index is 0.298. The summed E-state index contributed by atoms with van der Waals surface area (Å²) in [6, 6.07) is 18.7. The second-order valence-corrected chi connectivity index (χ2v) is 7.23. The van der Waals surface area contributed by atoms with Crippen molar-refractivity contribution in [2.45, 2.75) is 17.3 Å². The molecule has 1 unspecified atom stereocenters. The average Bonchev–Trinajstić information content (AvgIpc) is 3.07. The summed E-state index contributed by atoms with van der Waals surface area (Å²) in [5.74, 6) is -0.655. The molecule has 6 nitrogen and oxygen atoms in total. The number of imidazole rings is 1. The summed E-state index contributed by atoms with van der Waals surface area (Å²) in [6.07, 6.45) is 1.79. The van der Waals surface area contributed by atoms with Crippen molar-refractivity contribution >= 4 is 23.6 Å². The van der Waals surface area contributed by atoms with Crippen molar-refractivity contribution in [3.8, 4) is 11.3 Å². The lowest BCUT2D eigenvalue weighted by molar-refractivity contribution is -0.121. The van der Waals surface area contributed by atoms with Gasteiger partial charge in [-0.3, -0.25) is 20.4 Å². The number of carbonyl (C=O) groups excluding carboxylic acids is 2. The van der Waals surface area contributed by atoms with Crippen molar-refractivity contribution in [3.05, 3.63) is 72.4 Å². The van der Waals surface area contributed by atoms with Crippen molar-refractivity contribution in [2.75, 3.05) is 0 Å². The second kappa shape index (κ2) is 8.55. The highest BCUT2D eigenvalue weighted by Gasteiger charge is 2.19. The monoisotopic (exact) mass is 380 g/mol. The van der Waals surface area contributed by atoms with E-state index in [9.17, 15) is 9.59 Å². The van der Waals surface area contributed by atoms with E-state index in [2.05, 4.69) is 15.8 Å². The predicted octanol–water partition coefficient (Wildman–Crippen LogP) is 3.03. The molecule has 138 valence electrons. The molecule has 2 amide bonds. The SMILES string of the molecule is CC(Sc1ncc(-c2ccccc2)n1C)C(=O)NNC(=O)c1ccccc1. The maximum Gasteiger partial charge on any atom is 0.269 e. The Kier molecular flexibility index (Phi) is 5.93. The zero-order valence-electron chi connectivity index (χ0n) is 15.0. The summed E-state index contributed by atoms with van der Waals surface area (Å²) in [7, 11) is 1.92. The molecule has 0 radical (unpaired) electrons. The number of thioether (sulfide) groups is 1. The molecule has 0 bridgehead atoms. The van der Waals surface area contributed by atoms with E-state index in [0.717, 1.165) is 16.4 Å². The van der Waals surface area contributed by atoms with Crippen LogP contribution in [0, 0.1) is 0 Å². The van der Waals surface area contributed by atoms with Gasteiger partial charge in [0.15, 0.2) is 5.16 Å². The molecule has 0 aliphatic carbocycles. The number of nitrogens with one attached hydrogen (secondary N) is 2. The molecule has 2 N–H and O–H groups in total. The first kappa shape index (κ1) is 18.7. The van der Waals surface area contributed by atoms with Gasteiger partial charge < -0.3 is 4.57 Å². The lowest BCUT2D eigenvalue weighted by Crippen LogP contribution is -2.44. The molecule has 0 aliphatic heterocycles. The Balaban J connectivity index is 1.59. The van der Waals surface area contributed by atoms with E-state index in [1.165, 1.54) is 11.8 Å². The van der Waals surface area contributed by atoms with Gasteiger partial charge in [-0.2, -0.15) is 0 Å². The first-order chi connectivity index (χ1) is 13.1. The number of hydrogen-bond acceptors (Lipinski definition) is 4. The van der Waals surface area contributed by atoms with Crippen LogP contribution >= 0.6 is 11.8 Å². The maximum atomic E-state index is 12.3. The minimum Gasteiger partial charge on any atom is -0.322 e. The fourth-order valence-corrected chi connectivity index (χ4v) is 3.32. The summed E-state index contributed by atoms with van der Waals surface area (Å²) in [5, 5.41) is 0.302. The summed E-state index contributed by atoms with van der Waals surface area (Å²) in [6.45, 7) is 1.77.